The van der Waals surface area contributed by atoms with Crippen molar-refractivity contribution in [2.24, 2.45) is 0 Å². The second-order valence-corrected chi connectivity index (χ2v) is 1.88. The van der Waals surface area contributed by atoms with E-state index in [0.717, 1.165) is 12.1 Å². The maximum absolute atomic E-state index is 12.2. The van der Waals surface area contributed by atoms with Gasteiger partial charge >= 0.3 is 37.7 Å². The first-order chi connectivity index (χ1) is 5.18. The van der Waals surface area contributed by atoms with Crippen molar-refractivity contribution in [1.29, 1.82) is 0 Å². The molecular formula is C7H4FLi2NO2. The van der Waals surface area contributed by atoms with E-state index in [4.69, 9.17) is 0 Å². The van der Waals surface area contributed by atoms with E-state index >= 15 is 0 Å². The van der Waals surface area contributed by atoms with Gasteiger partial charge in [0, 0.05) is 0 Å². The first-order valence-electron chi connectivity index (χ1n) is 2.85. The average Bonchev–Trinajstić information content (AvgIpc) is 1.93. The summed E-state index contributed by atoms with van der Waals surface area (Å²) in [6.45, 7) is 0. The Balaban J connectivity index is 0. The molecule has 0 aliphatic carbocycles. The number of halogens is 1. The third kappa shape index (κ3) is 5.79. The number of hydrogen-bond acceptors (Lipinski definition) is 2. The van der Waals surface area contributed by atoms with Crippen LogP contribution in [-0.4, -0.2) is 11.1 Å². The molecule has 0 heterocycles. The van der Waals surface area contributed by atoms with Gasteiger partial charge in [-0.2, -0.15) is 12.1 Å². The van der Waals surface area contributed by atoms with Crippen LogP contribution in [0.4, 0.5) is 4.39 Å². The topological polar surface area (TPSA) is 49.1 Å². The van der Waals surface area contributed by atoms with Gasteiger partial charge in [-0.15, -0.1) is 5.56 Å². The van der Waals surface area contributed by atoms with Gasteiger partial charge in [-0.25, -0.2) is 9.29 Å². The Bertz CT molecular complexity index is 272. The van der Waals surface area contributed by atoms with E-state index in [9.17, 15) is 14.8 Å². The molecular weight excluding hydrogens is 163 g/mol. The molecule has 1 rings (SSSR count). The van der Waals surface area contributed by atoms with E-state index in [2.05, 4.69) is 0 Å². The van der Waals surface area contributed by atoms with Crippen molar-refractivity contribution >= 4 is 6.21 Å². The van der Waals surface area contributed by atoms with Crippen LogP contribution >= 0.6 is 0 Å². The molecule has 0 bridgehead atoms. The Labute approximate surface area is 99.2 Å². The molecule has 0 spiro atoms. The Morgan fingerprint density at radius 2 is 1.54 bits per heavy atom. The maximum Gasteiger partial charge on any atom is 1.00 e. The predicted molar refractivity (Wildman–Crippen MR) is 37.5 cm³/mol. The fourth-order valence-electron chi connectivity index (χ4n) is 0.630. The summed E-state index contributed by atoms with van der Waals surface area (Å²) in [4.78, 5) is -0.701. The van der Waals surface area contributed by atoms with Gasteiger partial charge in [0.15, 0.2) is 0 Å². The van der Waals surface area contributed by atoms with Crippen LogP contribution in [-0.2, 0) is 0 Å². The smallest absolute Gasteiger partial charge is 0.624 e. The van der Waals surface area contributed by atoms with Crippen LogP contribution in [0.2, 0.25) is 0 Å². The summed E-state index contributed by atoms with van der Waals surface area (Å²) in [5.41, 5.74) is 0.261. The van der Waals surface area contributed by atoms with Crippen molar-refractivity contribution in [2.75, 3.05) is 0 Å². The van der Waals surface area contributed by atoms with Gasteiger partial charge in [0.1, 0.15) is 6.21 Å². The van der Waals surface area contributed by atoms with Crippen LogP contribution in [0.25, 0.3) is 0 Å². The van der Waals surface area contributed by atoms with Crippen LogP contribution < -0.4 is 37.7 Å². The molecule has 6 heteroatoms. The summed E-state index contributed by atoms with van der Waals surface area (Å²) in [5.74, 6) is -0.418. The van der Waals surface area contributed by atoms with Crippen molar-refractivity contribution < 1.29 is 47.0 Å². The van der Waals surface area contributed by atoms with Gasteiger partial charge in [-0.05, 0) is 0 Å². The number of benzene rings is 1. The second-order valence-electron chi connectivity index (χ2n) is 1.88. The summed E-state index contributed by atoms with van der Waals surface area (Å²) in [6, 6.07) is 4.87. The van der Waals surface area contributed by atoms with Crippen LogP contribution in [0.3, 0.4) is 0 Å². The van der Waals surface area contributed by atoms with E-state index < -0.39 is 10.7 Å². The first-order valence-corrected chi connectivity index (χ1v) is 2.85. The molecule has 0 aliphatic rings. The number of hydrogen-bond donors (Lipinski definition) is 0. The fourth-order valence-corrected chi connectivity index (χ4v) is 0.630. The summed E-state index contributed by atoms with van der Waals surface area (Å²) in [5, 5.41) is 19.7. The zero-order valence-corrected chi connectivity index (χ0v) is 7.45. The van der Waals surface area contributed by atoms with Crippen molar-refractivity contribution in [3.63, 3.8) is 0 Å². The number of rotatable bonds is 1. The van der Waals surface area contributed by atoms with Gasteiger partial charge in [0.25, 0.3) is 0 Å². The SMILES string of the molecule is [Li+].[Li+].[O-][N+]([O-])=[C-]c1ccc(F)cc1. The molecule has 0 saturated carbocycles. The molecule has 0 unspecified atom stereocenters. The standard InChI is InChI=1S/C7H4FNO2.2Li/c8-7-3-1-6(2-4-7)5-9(10)11;;/h1-4H;;/q-2;2*+1. The summed E-state index contributed by atoms with van der Waals surface area (Å²) >= 11 is 0. The van der Waals surface area contributed by atoms with Crippen LogP contribution in [0.15, 0.2) is 24.3 Å². The van der Waals surface area contributed by atoms with Gasteiger partial charge in [0.05, 0.1) is 5.82 Å². The van der Waals surface area contributed by atoms with E-state index in [1.54, 1.807) is 0 Å². The summed E-state index contributed by atoms with van der Waals surface area (Å²) < 4.78 is 12.2. The molecule has 58 valence electrons. The molecule has 13 heavy (non-hydrogen) atoms. The Morgan fingerprint density at radius 1 is 1.08 bits per heavy atom. The third-order valence-electron chi connectivity index (χ3n) is 1.06. The predicted octanol–water partition coefficient (Wildman–Crippen LogP) is -4.86. The molecule has 0 aliphatic heterocycles. The molecule has 0 radical (unpaired) electrons. The van der Waals surface area contributed by atoms with Gasteiger partial charge < -0.3 is 10.4 Å². The van der Waals surface area contributed by atoms with Crippen LogP contribution in [0, 0.1) is 16.2 Å². The molecule has 0 fully saturated rings. The molecule has 0 atom stereocenters. The minimum atomic E-state index is -0.701. The van der Waals surface area contributed by atoms with E-state index in [1.807, 2.05) is 6.21 Å². The van der Waals surface area contributed by atoms with Crippen molar-refractivity contribution in [1.82, 2.24) is 0 Å². The van der Waals surface area contributed by atoms with E-state index in [0.29, 0.717) is 0 Å². The van der Waals surface area contributed by atoms with E-state index in [-0.39, 0.29) is 43.3 Å². The maximum atomic E-state index is 12.2. The summed E-state index contributed by atoms with van der Waals surface area (Å²) in [7, 11) is 0. The van der Waals surface area contributed by atoms with Crippen LogP contribution in [0.5, 0.6) is 0 Å². The summed E-state index contributed by atoms with van der Waals surface area (Å²) in [6.07, 6.45) is 1.89. The molecule has 0 aromatic heterocycles. The largest absolute Gasteiger partial charge is 1.00 e. The zero-order valence-electron chi connectivity index (χ0n) is 7.45. The zero-order chi connectivity index (χ0) is 8.27. The Hall–Kier alpha value is -0.385. The molecule has 1 aromatic rings. The molecule has 1 aromatic carbocycles. The van der Waals surface area contributed by atoms with Crippen molar-refractivity contribution in [2.45, 2.75) is 0 Å². The van der Waals surface area contributed by atoms with E-state index in [1.165, 1.54) is 12.1 Å². The minimum Gasteiger partial charge on any atom is -0.624 e. The Morgan fingerprint density at radius 3 is 1.92 bits per heavy atom. The van der Waals surface area contributed by atoms with Crippen molar-refractivity contribution in [3.8, 4) is 0 Å². The quantitative estimate of drug-likeness (QED) is 0.138. The van der Waals surface area contributed by atoms with Gasteiger partial charge in [-0.1, -0.05) is 12.1 Å². The first kappa shape index (κ1) is 15.1. The molecule has 0 N–H and O–H groups in total. The monoisotopic (exact) mass is 167 g/mol. The fraction of sp³-hybridized carbons (Fsp3) is 0. The molecule has 0 amide bonds. The Kier molecular flexibility index (Phi) is 8.20. The van der Waals surface area contributed by atoms with Crippen molar-refractivity contribution in [3.05, 3.63) is 46.1 Å². The molecule has 0 saturated heterocycles. The second kappa shape index (κ2) is 7.06. The molecule has 3 nitrogen and oxygen atoms in total. The third-order valence-corrected chi connectivity index (χ3v) is 1.06. The minimum absolute atomic E-state index is 0. The normalized spacial score (nSPS) is 7.77. The van der Waals surface area contributed by atoms with Gasteiger partial charge in [0.2, 0.25) is 0 Å². The number of nitrogens with zero attached hydrogens (tertiary/aromatic N) is 1. The van der Waals surface area contributed by atoms with Gasteiger partial charge in [-0.3, -0.25) is 0 Å². The van der Waals surface area contributed by atoms with Crippen LogP contribution in [0.1, 0.15) is 5.56 Å². The average molecular weight is 167 g/mol.